The smallest absolute Gasteiger partial charge is 0.293 e. The maximum absolute atomic E-state index is 14.0. The molecule has 1 aromatic carbocycles. The van der Waals surface area contributed by atoms with Crippen LogP contribution < -0.4 is 9.44 Å². The lowest BCUT2D eigenvalue weighted by molar-refractivity contribution is -0.137. The molecule has 3 N–H and O–H groups in total. The predicted molar refractivity (Wildman–Crippen MR) is 188 cm³/mol. The van der Waals surface area contributed by atoms with E-state index in [-0.39, 0.29) is 5.91 Å². The minimum absolute atomic E-state index is 0.236. The summed E-state index contributed by atoms with van der Waals surface area (Å²) in [6.07, 6.45) is 6.01. The fourth-order valence-corrected chi connectivity index (χ4v) is 12.2. The number of nitrogens with one attached hydrogen (secondary N) is 3. The molecule has 0 radical (unpaired) electrons. The van der Waals surface area contributed by atoms with E-state index in [9.17, 15) is 21.6 Å². The van der Waals surface area contributed by atoms with E-state index in [1.54, 1.807) is 11.3 Å². The average Bonchev–Trinajstić information content (AvgIpc) is 3.80. The summed E-state index contributed by atoms with van der Waals surface area (Å²) < 4.78 is 55.7. The zero-order valence-corrected chi connectivity index (χ0v) is 30.7. The van der Waals surface area contributed by atoms with Gasteiger partial charge >= 0.3 is 0 Å². The van der Waals surface area contributed by atoms with E-state index in [0.717, 1.165) is 65.0 Å². The van der Waals surface area contributed by atoms with Gasteiger partial charge in [-0.3, -0.25) is 4.79 Å². The summed E-state index contributed by atoms with van der Waals surface area (Å²) in [6, 6.07) is 8.90. The molecule has 5 heterocycles. The van der Waals surface area contributed by atoms with Crippen molar-refractivity contribution in [2.75, 3.05) is 33.7 Å². The molecule has 3 aliphatic heterocycles. The third-order valence-electron chi connectivity index (χ3n) is 10.5. The lowest BCUT2D eigenvalue weighted by atomic mass is 9.88. The molecule has 3 fully saturated rings. The molecule has 1 amide bonds. The minimum atomic E-state index is -4.20. The zero-order chi connectivity index (χ0) is 33.9. The first-order valence-corrected chi connectivity index (χ1v) is 20.3. The van der Waals surface area contributed by atoms with Crippen LogP contribution in [0.5, 0.6) is 0 Å². The van der Waals surface area contributed by atoms with Gasteiger partial charge in [-0.15, -0.1) is 11.3 Å². The molecular formula is C33H48N6O5S3. The van der Waals surface area contributed by atoms with Gasteiger partial charge in [0.1, 0.15) is 4.83 Å². The second kappa shape index (κ2) is 12.8. The first-order chi connectivity index (χ1) is 22.2. The number of piperidine rings is 1. The van der Waals surface area contributed by atoms with Gasteiger partial charge in [-0.25, -0.2) is 9.44 Å². The third kappa shape index (κ3) is 6.42. The van der Waals surface area contributed by atoms with Gasteiger partial charge in [0.15, 0.2) is 0 Å². The first-order valence-electron chi connectivity index (χ1n) is 16.6. The van der Waals surface area contributed by atoms with Crippen molar-refractivity contribution < 1.29 is 21.6 Å². The van der Waals surface area contributed by atoms with E-state index in [4.69, 9.17) is 0 Å². The number of aromatic nitrogens is 1. The van der Waals surface area contributed by atoms with Gasteiger partial charge in [0, 0.05) is 49.0 Å². The number of nitrogens with zero attached hydrogens (tertiary/aromatic N) is 3. The van der Waals surface area contributed by atoms with Crippen molar-refractivity contribution in [2.24, 2.45) is 0 Å². The summed E-state index contributed by atoms with van der Waals surface area (Å²) in [6.45, 7) is 10.2. The Bertz CT molecular complexity index is 1800. The molecule has 0 spiro atoms. The number of hydrogen-bond donors (Lipinski definition) is 3. The van der Waals surface area contributed by atoms with Gasteiger partial charge in [0.25, 0.3) is 20.4 Å². The highest BCUT2D eigenvalue weighted by Gasteiger charge is 2.47. The molecule has 3 saturated heterocycles. The highest BCUT2D eigenvalue weighted by molar-refractivity contribution is 8.02. The van der Waals surface area contributed by atoms with E-state index < -0.39 is 31.9 Å². The molecule has 0 atom stereocenters. The maximum atomic E-state index is 14.0. The average molecular weight is 705 g/mol. The number of carbonyl (C=O) groups is 1. The highest BCUT2D eigenvalue weighted by Crippen LogP contribution is 2.44. The zero-order valence-electron chi connectivity index (χ0n) is 28.2. The minimum Gasteiger partial charge on any atom is -0.346 e. The number of aryl methyl sites for hydroxylation is 2. The van der Waals surface area contributed by atoms with Crippen molar-refractivity contribution in [3.05, 3.63) is 45.8 Å². The monoisotopic (exact) mass is 704 g/mol. The van der Waals surface area contributed by atoms with Crippen LogP contribution in [-0.4, -0.2) is 93.1 Å². The van der Waals surface area contributed by atoms with Gasteiger partial charge < -0.3 is 14.8 Å². The van der Waals surface area contributed by atoms with Crippen LogP contribution in [0.2, 0.25) is 0 Å². The van der Waals surface area contributed by atoms with Crippen molar-refractivity contribution >= 4 is 47.9 Å². The highest BCUT2D eigenvalue weighted by atomic mass is 32.3. The Morgan fingerprint density at radius 2 is 1.47 bits per heavy atom. The number of H-pyrrole nitrogens is 1. The van der Waals surface area contributed by atoms with Gasteiger partial charge in [-0.1, -0.05) is 20.9 Å². The Hall–Kier alpha value is -2.33. The molecule has 3 aromatic rings. The van der Waals surface area contributed by atoms with Crippen LogP contribution in [-0.2, 0) is 37.0 Å². The van der Waals surface area contributed by atoms with Gasteiger partial charge in [-0.05, 0) is 115 Å². The predicted octanol–water partition coefficient (Wildman–Crippen LogP) is 4.18. The van der Waals surface area contributed by atoms with Crippen LogP contribution in [0, 0.1) is 13.8 Å². The largest absolute Gasteiger partial charge is 0.346 e. The molecule has 14 heteroatoms. The Kier molecular flexibility index (Phi) is 9.44. The summed E-state index contributed by atoms with van der Waals surface area (Å²) in [5, 5.41) is 1.14. The summed E-state index contributed by atoms with van der Waals surface area (Å²) in [5.41, 5.74) is 5.19. The molecule has 258 valence electrons. The van der Waals surface area contributed by atoms with E-state index in [1.165, 1.54) is 30.8 Å². The maximum Gasteiger partial charge on any atom is 0.293 e. The van der Waals surface area contributed by atoms with Gasteiger partial charge in [0.05, 0.1) is 11.1 Å². The summed E-state index contributed by atoms with van der Waals surface area (Å²) >= 11 is 1.68. The number of thiophene rings is 1. The number of amides is 1. The molecular weight excluding hydrogens is 657 g/mol. The Morgan fingerprint density at radius 3 is 2.00 bits per heavy atom. The molecule has 11 nitrogen and oxygen atoms in total. The van der Waals surface area contributed by atoms with Crippen LogP contribution in [0.3, 0.4) is 0 Å². The third-order valence-corrected chi connectivity index (χ3v) is 15.6. The van der Waals surface area contributed by atoms with E-state index in [2.05, 4.69) is 76.2 Å². The lowest BCUT2D eigenvalue weighted by Crippen LogP contribution is -2.55. The van der Waals surface area contributed by atoms with Crippen LogP contribution in [0.15, 0.2) is 24.3 Å². The SMILES string of the molecule is CNS(=O)(=O)N(C1CCN(CCc2c(-c3cc(C)cc(C)c3)[nH]c3sc(C(C)(C)C(=O)N4C5CCC4CC5)cc23)CC1)S(=O)(=O)NC. The Morgan fingerprint density at radius 1 is 0.915 bits per heavy atom. The van der Waals surface area contributed by atoms with Crippen molar-refractivity contribution in [3.63, 3.8) is 0 Å². The summed E-state index contributed by atoms with van der Waals surface area (Å²) in [4.78, 5) is 24.3. The molecule has 6 rings (SSSR count). The number of aromatic amines is 1. The molecule has 0 saturated carbocycles. The van der Waals surface area contributed by atoms with Crippen molar-refractivity contribution in [1.82, 2.24) is 27.9 Å². The molecule has 0 unspecified atom stereocenters. The van der Waals surface area contributed by atoms with Crippen LogP contribution in [0.1, 0.15) is 73.9 Å². The van der Waals surface area contributed by atoms with Crippen molar-refractivity contribution in [2.45, 2.75) is 96.2 Å². The van der Waals surface area contributed by atoms with Gasteiger partial charge in [0.2, 0.25) is 5.91 Å². The summed E-state index contributed by atoms with van der Waals surface area (Å²) in [7, 11) is -5.97. The molecule has 2 aromatic heterocycles. The van der Waals surface area contributed by atoms with Crippen molar-refractivity contribution in [3.8, 4) is 11.3 Å². The summed E-state index contributed by atoms with van der Waals surface area (Å²) in [5.74, 6) is 0.236. The normalized spacial score (nSPS) is 21.5. The fraction of sp³-hybridized carbons (Fsp3) is 0.606. The fourth-order valence-electron chi connectivity index (χ4n) is 7.96. The van der Waals surface area contributed by atoms with Crippen LogP contribution in [0.25, 0.3) is 21.5 Å². The van der Waals surface area contributed by atoms with E-state index >= 15 is 0 Å². The van der Waals surface area contributed by atoms with Crippen LogP contribution in [0.4, 0.5) is 0 Å². The number of hydrogen-bond acceptors (Lipinski definition) is 7. The second-order valence-electron chi connectivity index (χ2n) is 14.0. The number of rotatable bonds is 11. The molecule has 0 aliphatic carbocycles. The topological polar surface area (TPSA) is 135 Å². The number of likely N-dealkylation sites (tertiary alicyclic amines) is 1. The number of fused-ring (bicyclic) bond motifs is 3. The lowest BCUT2D eigenvalue weighted by Gasteiger charge is -2.36. The Balaban J connectivity index is 1.26. The Labute approximate surface area is 283 Å². The van der Waals surface area contributed by atoms with Gasteiger partial charge in [-0.2, -0.15) is 16.8 Å². The molecule has 2 bridgehead atoms. The van der Waals surface area contributed by atoms with E-state index in [1.807, 2.05) is 0 Å². The number of benzene rings is 1. The quantitative estimate of drug-likeness (QED) is 0.274. The molecule has 3 aliphatic rings. The first kappa shape index (κ1) is 34.5. The van der Waals surface area contributed by atoms with Crippen LogP contribution >= 0.6 is 11.3 Å². The van der Waals surface area contributed by atoms with E-state index in [0.29, 0.717) is 41.7 Å². The number of carbonyl (C=O) groups excluding carboxylic acids is 1. The molecule has 47 heavy (non-hydrogen) atoms. The standard InChI is InChI=1S/C33H48N6O5S3/c1-21-17-22(2)19-23(18-21)30-27(13-16-37-14-11-26(12-15-37)39(46(41,42)34-5)47(43,44)35-6)28-20-29(45-31(28)36-30)33(3,4)32(40)38-24-7-8-25(38)10-9-24/h17-20,24-26,34-36H,7-16H2,1-6H3. The second-order valence-corrected chi connectivity index (χ2v) is 18.8. The van der Waals surface area contributed by atoms with Crippen molar-refractivity contribution in [1.29, 1.82) is 0 Å².